The Balaban J connectivity index is 1.48. The molecule has 184 valence electrons. The zero-order valence-electron chi connectivity index (χ0n) is 20.4. The molecule has 4 fully saturated rings. The standard InChI is InChI=1S/C24H39N5O4/c1-22(2,3)17(25)21(33)29-11-13-15(23(13,4)5)16(29)20(32)27-14(18(26)30)9-12-10-24(7-6-8-24)28-19(12)31/h12-17H,6-11,25H2,1-5H3,(H2,26,30)(H,27,32)(H,28,31)/t12-,13+,14+,15+,16+,17-/m1/s1. The van der Waals surface area contributed by atoms with Gasteiger partial charge in [-0.15, -0.1) is 0 Å². The number of nitrogens with one attached hydrogen (secondary N) is 2. The largest absolute Gasteiger partial charge is 0.368 e. The summed E-state index contributed by atoms with van der Waals surface area (Å²) < 4.78 is 0. The molecule has 6 N–H and O–H groups in total. The van der Waals surface area contributed by atoms with Gasteiger partial charge in [-0.25, -0.2) is 0 Å². The van der Waals surface area contributed by atoms with Crippen LogP contribution in [0.5, 0.6) is 0 Å². The molecule has 33 heavy (non-hydrogen) atoms. The van der Waals surface area contributed by atoms with Crippen molar-refractivity contribution < 1.29 is 19.2 Å². The number of piperidine rings is 1. The highest BCUT2D eigenvalue weighted by Crippen LogP contribution is 2.65. The summed E-state index contributed by atoms with van der Waals surface area (Å²) in [6, 6.07) is -2.39. The zero-order valence-corrected chi connectivity index (χ0v) is 20.4. The average Bonchev–Trinajstić information content (AvgIpc) is 3.04. The Morgan fingerprint density at radius 1 is 1.24 bits per heavy atom. The van der Waals surface area contributed by atoms with E-state index in [9.17, 15) is 19.2 Å². The SMILES string of the molecule is CC(C)(C)[C@H](N)C(=O)N1C[C@H]2[C@@H]([C@H]1C(=O)N[C@@H](C[C@@H]1CC3(CCC3)NC1=O)C(N)=O)C2(C)C. The Hall–Kier alpha value is -2.16. The van der Waals surface area contributed by atoms with Gasteiger partial charge in [0.05, 0.1) is 6.04 Å². The van der Waals surface area contributed by atoms with Crippen LogP contribution in [0.15, 0.2) is 0 Å². The van der Waals surface area contributed by atoms with Gasteiger partial charge in [-0.2, -0.15) is 0 Å². The van der Waals surface area contributed by atoms with Crippen molar-refractivity contribution in [3.05, 3.63) is 0 Å². The molecule has 0 radical (unpaired) electrons. The van der Waals surface area contributed by atoms with Crippen molar-refractivity contribution in [2.75, 3.05) is 6.54 Å². The van der Waals surface area contributed by atoms with Crippen LogP contribution >= 0.6 is 0 Å². The molecule has 0 aromatic heterocycles. The minimum absolute atomic E-state index is 0.00942. The van der Waals surface area contributed by atoms with Crippen LogP contribution in [0.1, 0.15) is 66.7 Å². The summed E-state index contributed by atoms with van der Waals surface area (Å²) in [5.41, 5.74) is 11.2. The van der Waals surface area contributed by atoms with E-state index < -0.39 is 29.4 Å². The molecular weight excluding hydrogens is 422 g/mol. The second-order valence-electron chi connectivity index (χ2n) is 12.5. The van der Waals surface area contributed by atoms with Gasteiger partial charge in [0.2, 0.25) is 23.6 Å². The van der Waals surface area contributed by atoms with E-state index in [1.807, 2.05) is 20.8 Å². The number of carbonyl (C=O) groups excluding carboxylic acids is 4. The molecule has 9 heteroatoms. The van der Waals surface area contributed by atoms with Crippen LogP contribution < -0.4 is 22.1 Å². The molecule has 0 bridgehead atoms. The summed E-state index contributed by atoms with van der Waals surface area (Å²) in [7, 11) is 0. The van der Waals surface area contributed by atoms with Gasteiger partial charge in [-0.3, -0.25) is 19.2 Å². The fourth-order valence-electron chi connectivity index (χ4n) is 6.25. The van der Waals surface area contributed by atoms with E-state index in [2.05, 4.69) is 24.5 Å². The van der Waals surface area contributed by atoms with Crippen molar-refractivity contribution in [2.45, 2.75) is 90.4 Å². The number of nitrogens with zero attached hydrogens (tertiary/aromatic N) is 1. The lowest BCUT2D eigenvalue weighted by molar-refractivity contribution is -0.143. The number of rotatable bonds is 6. The van der Waals surface area contributed by atoms with Gasteiger partial charge >= 0.3 is 0 Å². The van der Waals surface area contributed by atoms with E-state index in [4.69, 9.17) is 11.5 Å². The van der Waals surface area contributed by atoms with Crippen LogP contribution in [-0.4, -0.2) is 58.7 Å². The predicted molar refractivity (Wildman–Crippen MR) is 122 cm³/mol. The minimum Gasteiger partial charge on any atom is -0.368 e. The second-order valence-corrected chi connectivity index (χ2v) is 12.5. The molecule has 0 aromatic rings. The smallest absolute Gasteiger partial charge is 0.243 e. The summed E-state index contributed by atoms with van der Waals surface area (Å²) >= 11 is 0. The fourth-order valence-corrected chi connectivity index (χ4v) is 6.25. The Labute approximate surface area is 195 Å². The number of fused-ring (bicyclic) bond motifs is 1. The molecule has 6 atom stereocenters. The molecule has 2 saturated heterocycles. The summed E-state index contributed by atoms with van der Waals surface area (Å²) in [6.45, 7) is 10.4. The van der Waals surface area contributed by atoms with E-state index in [0.717, 1.165) is 19.3 Å². The molecule has 2 aliphatic heterocycles. The quantitative estimate of drug-likeness (QED) is 0.448. The minimum atomic E-state index is -0.961. The maximum Gasteiger partial charge on any atom is 0.243 e. The lowest BCUT2D eigenvalue weighted by Gasteiger charge is -2.38. The molecule has 4 aliphatic rings. The molecular formula is C24H39N5O4. The monoisotopic (exact) mass is 461 g/mol. The average molecular weight is 462 g/mol. The molecule has 0 unspecified atom stereocenters. The van der Waals surface area contributed by atoms with E-state index in [1.165, 1.54) is 0 Å². The number of nitrogens with two attached hydrogens (primary N) is 2. The van der Waals surface area contributed by atoms with Gasteiger partial charge < -0.3 is 27.0 Å². The third kappa shape index (κ3) is 4.02. The highest BCUT2D eigenvalue weighted by molar-refractivity contribution is 5.94. The summed E-state index contributed by atoms with van der Waals surface area (Å²) in [5.74, 6) is -1.51. The number of hydrogen-bond acceptors (Lipinski definition) is 5. The second kappa shape index (κ2) is 7.68. The van der Waals surface area contributed by atoms with E-state index in [0.29, 0.717) is 13.0 Å². The van der Waals surface area contributed by atoms with Crippen molar-refractivity contribution >= 4 is 23.6 Å². The van der Waals surface area contributed by atoms with Crippen molar-refractivity contribution in [1.82, 2.24) is 15.5 Å². The number of carbonyl (C=O) groups is 4. The highest BCUT2D eigenvalue weighted by Gasteiger charge is 2.69. The van der Waals surface area contributed by atoms with Crippen molar-refractivity contribution in [3.8, 4) is 0 Å². The van der Waals surface area contributed by atoms with Gasteiger partial charge in [0, 0.05) is 18.0 Å². The maximum atomic E-state index is 13.5. The molecule has 1 spiro atoms. The third-order valence-corrected chi connectivity index (χ3v) is 8.85. The van der Waals surface area contributed by atoms with E-state index in [-0.39, 0.29) is 52.8 Å². The van der Waals surface area contributed by atoms with Gasteiger partial charge in [-0.05, 0) is 54.8 Å². The molecule has 2 heterocycles. The van der Waals surface area contributed by atoms with Crippen LogP contribution in [0.25, 0.3) is 0 Å². The number of hydrogen-bond donors (Lipinski definition) is 4. The van der Waals surface area contributed by atoms with Crippen molar-refractivity contribution in [2.24, 2.45) is 40.1 Å². The van der Waals surface area contributed by atoms with Gasteiger partial charge in [-0.1, -0.05) is 34.6 Å². The van der Waals surface area contributed by atoms with Gasteiger partial charge in [0.25, 0.3) is 0 Å². The fraction of sp³-hybridized carbons (Fsp3) is 0.833. The Kier molecular flexibility index (Phi) is 5.58. The normalized spacial score (nSPS) is 33.0. The molecule has 4 amide bonds. The van der Waals surface area contributed by atoms with Crippen molar-refractivity contribution in [3.63, 3.8) is 0 Å². The summed E-state index contributed by atoms with van der Waals surface area (Å²) in [6.07, 6.45) is 3.83. The van der Waals surface area contributed by atoms with Crippen LogP contribution in [0.4, 0.5) is 0 Å². The number of primary amides is 1. The lowest BCUT2D eigenvalue weighted by Crippen LogP contribution is -2.59. The first-order valence-corrected chi connectivity index (χ1v) is 12.2. The lowest BCUT2D eigenvalue weighted by atomic mass is 9.74. The number of likely N-dealkylation sites (tertiary alicyclic amines) is 1. The first-order valence-electron chi connectivity index (χ1n) is 12.2. The van der Waals surface area contributed by atoms with E-state index >= 15 is 0 Å². The predicted octanol–water partition coefficient (Wildman–Crippen LogP) is 0.262. The van der Waals surface area contributed by atoms with Crippen LogP contribution in [0.3, 0.4) is 0 Å². The topological polar surface area (TPSA) is 148 Å². The molecule has 2 aliphatic carbocycles. The Morgan fingerprint density at radius 3 is 2.36 bits per heavy atom. The van der Waals surface area contributed by atoms with Crippen LogP contribution in [-0.2, 0) is 19.2 Å². The van der Waals surface area contributed by atoms with Gasteiger partial charge in [0.1, 0.15) is 12.1 Å². The summed E-state index contributed by atoms with van der Waals surface area (Å²) in [4.78, 5) is 53.0. The van der Waals surface area contributed by atoms with Crippen LogP contribution in [0.2, 0.25) is 0 Å². The Bertz CT molecular complexity index is 875. The molecule has 0 aromatic carbocycles. The third-order valence-electron chi connectivity index (χ3n) is 8.85. The molecule has 9 nitrogen and oxygen atoms in total. The first-order chi connectivity index (χ1) is 15.2. The maximum absolute atomic E-state index is 13.5. The molecule has 4 rings (SSSR count). The Morgan fingerprint density at radius 2 is 1.88 bits per heavy atom. The summed E-state index contributed by atoms with van der Waals surface area (Å²) in [5, 5.41) is 5.87. The zero-order chi connectivity index (χ0) is 24.5. The van der Waals surface area contributed by atoms with Gasteiger partial charge in [0.15, 0.2) is 0 Å². The number of amides is 4. The highest BCUT2D eigenvalue weighted by atomic mass is 16.2. The first kappa shape index (κ1) is 24.0. The van der Waals surface area contributed by atoms with E-state index in [1.54, 1.807) is 4.90 Å². The molecule has 2 saturated carbocycles. The van der Waals surface area contributed by atoms with Crippen LogP contribution in [0, 0.1) is 28.6 Å². The van der Waals surface area contributed by atoms with Crippen molar-refractivity contribution in [1.29, 1.82) is 0 Å².